The molecule has 9 amide bonds. The van der Waals surface area contributed by atoms with E-state index in [1.54, 1.807) is 41.5 Å². The van der Waals surface area contributed by atoms with Crippen molar-refractivity contribution in [2.45, 2.75) is 198 Å². The van der Waals surface area contributed by atoms with E-state index in [1.807, 2.05) is 137 Å². The van der Waals surface area contributed by atoms with E-state index in [-0.39, 0.29) is 171 Å². The Kier molecular flexibility index (Phi) is 37.3. The van der Waals surface area contributed by atoms with Crippen LogP contribution in [0.25, 0.3) is 0 Å². The summed E-state index contributed by atoms with van der Waals surface area (Å²) in [5, 5.41) is 25.2. The number of hydrogen-bond donors (Lipinski definition) is 9. The van der Waals surface area contributed by atoms with E-state index in [0.29, 0.717) is 53.4 Å². The van der Waals surface area contributed by atoms with Gasteiger partial charge in [0, 0.05) is 117 Å². The Balaban J connectivity index is 0.990. The van der Waals surface area contributed by atoms with Gasteiger partial charge in [0.15, 0.2) is 0 Å². The first-order chi connectivity index (χ1) is 53.5. The van der Waals surface area contributed by atoms with Gasteiger partial charge in [-0.05, 0) is 95.2 Å². The second-order valence-electron chi connectivity index (χ2n) is 29.0. The van der Waals surface area contributed by atoms with Gasteiger partial charge in [0.1, 0.15) is 55.0 Å². The molecule has 0 radical (unpaired) electrons. The lowest BCUT2D eigenvalue weighted by Gasteiger charge is -2.23. The first kappa shape index (κ1) is 89.8. The zero-order chi connectivity index (χ0) is 81.8. The van der Waals surface area contributed by atoms with Crippen LogP contribution in [0.3, 0.4) is 0 Å². The van der Waals surface area contributed by atoms with Crippen molar-refractivity contribution in [3.63, 3.8) is 0 Å². The molecular formula is C81H114N16O15. The van der Waals surface area contributed by atoms with E-state index < -0.39 is 88.0 Å². The van der Waals surface area contributed by atoms with Crippen LogP contribution in [0, 0.1) is 59.3 Å². The van der Waals surface area contributed by atoms with Crippen LogP contribution in [-0.2, 0) is 82.2 Å². The summed E-state index contributed by atoms with van der Waals surface area (Å²) in [4.78, 5) is 194. The fourth-order valence-corrected chi connectivity index (χ4v) is 11.9. The molecule has 3 heterocycles. The molecule has 3 aromatic heterocycles. The van der Waals surface area contributed by atoms with Crippen molar-refractivity contribution in [2.75, 3.05) is 58.9 Å². The van der Waals surface area contributed by atoms with Crippen LogP contribution in [0.15, 0.2) is 105 Å². The highest BCUT2D eigenvalue weighted by Crippen LogP contribution is 2.13. The van der Waals surface area contributed by atoms with E-state index in [9.17, 15) is 57.5 Å². The highest BCUT2D eigenvalue weighted by Gasteiger charge is 2.27. The lowest BCUT2D eigenvalue weighted by molar-refractivity contribution is -0.129. The quantitative estimate of drug-likeness (QED) is 0.0265. The fourth-order valence-electron chi connectivity index (χ4n) is 11.9. The predicted molar refractivity (Wildman–Crippen MR) is 422 cm³/mol. The number of benzene rings is 3. The third-order valence-electron chi connectivity index (χ3n) is 18.3. The molecule has 0 saturated carbocycles. The minimum atomic E-state index is -0.938. The van der Waals surface area contributed by atoms with Gasteiger partial charge in [0.25, 0.3) is 0 Å². The van der Waals surface area contributed by atoms with Crippen LogP contribution < -0.4 is 79.0 Å². The zero-order valence-electron chi connectivity index (χ0n) is 66.8. The number of amides is 9. The average molecular weight is 1550 g/mol. The molecule has 0 unspecified atom stereocenters. The number of carbonyl (C=O) groups is 9. The first-order valence-electron chi connectivity index (χ1n) is 38.5. The molecule has 112 heavy (non-hydrogen) atoms. The zero-order valence-corrected chi connectivity index (χ0v) is 66.8. The smallest absolute Gasteiger partial charge is 0.304 e. The molecule has 3 atom stereocenters. The molecule has 0 aliphatic heterocycles. The van der Waals surface area contributed by atoms with Crippen molar-refractivity contribution in [1.82, 2.24) is 81.9 Å². The minimum absolute atomic E-state index is 0.00245. The molecule has 3 aromatic carbocycles. The molecule has 0 aliphatic carbocycles. The Labute approximate surface area is 654 Å². The Morgan fingerprint density at radius 3 is 0.839 bits per heavy atom. The molecule has 0 spiro atoms. The second kappa shape index (κ2) is 46.5. The van der Waals surface area contributed by atoms with Gasteiger partial charge in [-0.3, -0.25) is 77.4 Å². The molecule has 0 bridgehead atoms. The standard InChI is InChI=1S/C81H114N16O15/c1-52(2)46-67(91-73(101)31-28-64-79(107)95(58(10)55(7)88-64)110-49-61-22-16-13-17-23-61)76(104)85-37-34-70(98)82-40-43-94(44-41-83-71(99)35-38-86-77(105)68(47-53(3)4)92-74(102)32-29-65-80(108)96(59(11)56(8)89-65)111-50-62-24-18-14-19-25-62)45-42-84-72(100)36-39-87-78(106)69(48-54(5)6)93-75(103)33-30-66-81(109)97(60(12)57(9)90-66)112-51-63-26-20-15-21-27-63/h13-27,52-54,67-69H,28-51H2,1-12H3,(H,82,98)(H,83,99)(H,84,100)(H,85,104)(H,86,105)(H,87,106)(H,91,101)(H,92,102)(H,93,103)/t67-,68-,69-/m0/s1. The first-order valence-corrected chi connectivity index (χ1v) is 38.5. The van der Waals surface area contributed by atoms with Crippen LogP contribution in [-0.4, -0.2) is 164 Å². The van der Waals surface area contributed by atoms with Gasteiger partial charge in [-0.1, -0.05) is 133 Å². The fraction of sp³-hybridized carbons (Fsp3) is 0.519. The second-order valence-corrected chi connectivity index (χ2v) is 29.0. The van der Waals surface area contributed by atoms with Crippen molar-refractivity contribution in [2.24, 2.45) is 17.8 Å². The van der Waals surface area contributed by atoms with Crippen LogP contribution >= 0.6 is 0 Å². The molecular weight excluding hydrogens is 1440 g/mol. The number of carbonyl (C=O) groups excluding carboxylic acids is 9. The van der Waals surface area contributed by atoms with Crippen LogP contribution in [0.5, 0.6) is 0 Å². The molecule has 0 saturated heterocycles. The van der Waals surface area contributed by atoms with Gasteiger partial charge in [-0.25, -0.2) is 0 Å². The van der Waals surface area contributed by atoms with Crippen LogP contribution in [0.4, 0.5) is 0 Å². The third-order valence-corrected chi connectivity index (χ3v) is 18.3. The highest BCUT2D eigenvalue weighted by atomic mass is 16.7. The minimum Gasteiger partial charge on any atom is -0.406 e. The number of rotatable bonds is 48. The normalized spacial score (nSPS) is 12.0. The molecule has 31 nitrogen and oxygen atoms in total. The Hall–Kier alpha value is -11.1. The summed E-state index contributed by atoms with van der Waals surface area (Å²) < 4.78 is 3.56. The maximum absolute atomic E-state index is 13.6. The molecule has 0 fully saturated rings. The maximum Gasteiger partial charge on any atom is 0.304 e. The molecule has 0 aliphatic rings. The number of hydrogen-bond acceptors (Lipinski definition) is 19. The van der Waals surface area contributed by atoms with Crippen LogP contribution in [0.1, 0.15) is 167 Å². The monoisotopic (exact) mass is 1550 g/mol. The third kappa shape index (κ3) is 31.0. The highest BCUT2D eigenvalue weighted by molar-refractivity contribution is 5.90. The summed E-state index contributed by atoms with van der Waals surface area (Å²) in [6, 6.07) is 25.3. The predicted octanol–water partition coefficient (Wildman–Crippen LogP) is 3.05. The SMILES string of the molecule is Cc1nc(CCC(=O)N[C@@H](CC(C)C)C(=O)NCCC(=O)NCCN(CCNC(=O)CCNC(=O)[C@H](CC(C)C)NC(=O)CCc2nc(C)c(C)n(OCc3ccccc3)c2=O)CCNC(=O)CCNC(=O)[C@H](CC(C)C)NC(=O)CCc2nc(C)c(C)n(OCc3ccccc3)c2=O)c(=O)n(OCc2ccccc2)c1C. The maximum atomic E-state index is 13.6. The number of aromatic nitrogens is 6. The summed E-state index contributed by atoms with van der Waals surface area (Å²) in [7, 11) is 0. The van der Waals surface area contributed by atoms with Crippen molar-refractivity contribution in [3.05, 3.63) is 190 Å². The van der Waals surface area contributed by atoms with Crippen molar-refractivity contribution in [1.29, 1.82) is 0 Å². The van der Waals surface area contributed by atoms with Gasteiger partial charge in [-0.2, -0.15) is 0 Å². The molecule has 608 valence electrons. The van der Waals surface area contributed by atoms with Crippen LogP contribution in [0.2, 0.25) is 0 Å². The Morgan fingerprint density at radius 1 is 0.348 bits per heavy atom. The van der Waals surface area contributed by atoms with Crippen molar-refractivity contribution < 1.29 is 57.7 Å². The van der Waals surface area contributed by atoms with Gasteiger partial charge in [0.05, 0.1) is 34.2 Å². The topological polar surface area (TPSA) is 397 Å². The summed E-state index contributed by atoms with van der Waals surface area (Å²) in [6.45, 7) is 23.2. The number of nitrogens with one attached hydrogen (secondary N) is 9. The average Bonchev–Trinajstić information content (AvgIpc) is 0.822. The van der Waals surface area contributed by atoms with Gasteiger partial charge in [0.2, 0.25) is 53.2 Å². The Bertz CT molecular complexity index is 3870. The molecule has 31 heteroatoms. The molecule has 6 aromatic rings. The van der Waals surface area contributed by atoms with E-state index in [1.165, 1.54) is 14.2 Å². The number of nitrogens with zero attached hydrogens (tertiary/aromatic N) is 7. The van der Waals surface area contributed by atoms with Gasteiger partial charge in [-0.15, -0.1) is 14.2 Å². The van der Waals surface area contributed by atoms with Crippen molar-refractivity contribution in [3.8, 4) is 0 Å². The summed E-state index contributed by atoms with van der Waals surface area (Å²) in [5.74, 6) is -4.08. The summed E-state index contributed by atoms with van der Waals surface area (Å²) in [6.07, 6.45) is 0.113. The molecule has 9 N–H and O–H groups in total. The van der Waals surface area contributed by atoms with E-state index in [4.69, 9.17) is 14.5 Å². The van der Waals surface area contributed by atoms with E-state index >= 15 is 0 Å². The lowest BCUT2D eigenvalue weighted by atomic mass is 10.0. The van der Waals surface area contributed by atoms with Gasteiger partial charge < -0.3 is 62.4 Å². The van der Waals surface area contributed by atoms with Gasteiger partial charge >= 0.3 is 16.7 Å². The lowest BCUT2D eigenvalue weighted by Crippen LogP contribution is -2.48. The largest absolute Gasteiger partial charge is 0.406 e. The summed E-state index contributed by atoms with van der Waals surface area (Å²) >= 11 is 0. The van der Waals surface area contributed by atoms with E-state index in [0.717, 1.165) is 16.7 Å². The molecule has 6 rings (SSSR count). The Morgan fingerprint density at radius 2 is 0.598 bits per heavy atom. The summed E-state index contributed by atoms with van der Waals surface area (Å²) in [5.41, 5.74) is 4.77. The number of aryl methyl sites for hydroxylation is 6. The van der Waals surface area contributed by atoms with Crippen molar-refractivity contribution >= 4 is 53.2 Å². The van der Waals surface area contributed by atoms with E-state index in [2.05, 4.69) is 62.8 Å².